The number of alkyl halides is 2. The van der Waals surface area contributed by atoms with Gasteiger partial charge in [0.1, 0.15) is 5.82 Å². The zero-order valence-electron chi connectivity index (χ0n) is 12.7. The van der Waals surface area contributed by atoms with Gasteiger partial charge in [-0.05, 0) is 6.42 Å². The lowest BCUT2D eigenvalue weighted by Gasteiger charge is -2.24. The van der Waals surface area contributed by atoms with Crippen LogP contribution >= 0.6 is 24.0 Å². The molecule has 22 heavy (non-hydrogen) atoms. The molecule has 0 aromatic carbocycles. The second-order valence-electron chi connectivity index (χ2n) is 5.04. The zero-order valence-corrected chi connectivity index (χ0v) is 15.0. The van der Waals surface area contributed by atoms with Crippen LogP contribution < -0.4 is 5.32 Å². The average Bonchev–Trinajstić information content (AvgIpc) is 3.10. The van der Waals surface area contributed by atoms with Gasteiger partial charge in [0.05, 0.1) is 13.2 Å². The highest BCUT2D eigenvalue weighted by atomic mass is 127. The summed E-state index contributed by atoms with van der Waals surface area (Å²) in [6.45, 7) is 0.00562. The van der Waals surface area contributed by atoms with Crippen LogP contribution in [-0.2, 0) is 11.3 Å². The van der Waals surface area contributed by atoms with Crippen LogP contribution in [0.4, 0.5) is 8.78 Å². The van der Waals surface area contributed by atoms with Gasteiger partial charge in [0.2, 0.25) is 0 Å². The van der Waals surface area contributed by atoms with E-state index in [1.807, 2.05) is 11.9 Å². The molecule has 9 heteroatoms. The molecule has 1 atom stereocenters. The van der Waals surface area contributed by atoms with Crippen molar-refractivity contribution in [2.75, 3.05) is 33.9 Å². The van der Waals surface area contributed by atoms with Crippen molar-refractivity contribution in [3.8, 4) is 0 Å². The van der Waals surface area contributed by atoms with E-state index >= 15 is 0 Å². The van der Waals surface area contributed by atoms with Crippen LogP contribution in [-0.4, -0.2) is 54.3 Å². The molecule has 1 aromatic heterocycles. The Morgan fingerprint density at radius 1 is 1.64 bits per heavy atom. The summed E-state index contributed by atoms with van der Waals surface area (Å²) in [4.78, 5) is 10.1. The lowest BCUT2D eigenvalue weighted by molar-refractivity contribution is 0.0668. The van der Waals surface area contributed by atoms with Crippen molar-refractivity contribution in [2.45, 2.75) is 19.5 Å². The third-order valence-electron chi connectivity index (χ3n) is 3.49. The van der Waals surface area contributed by atoms with E-state index in [9.17, 15) is 8.78 Å². The van der Waals surface area contributed by atoms with E-state index in [4.69, 9.17) is 4.74 Å². The van der Waals surface area contributed by atoms with Crippen molar-refractivity contribution in [3.05, 3.63) is 18.2 Å². The first-order chi connectivity index (χ1) is 10.1. The van der Waals surface area contributed by atoms with Gasteiger partial charge in [-0.3, -0.25) is 9.56 Å². The highest BCUT2D eigenvalue weighted by Gasteiger charge is 2.19. The zero-order chi connectivity index (χ0) is 15.2. The minimum absolute atomic E-state index is 0. The Morgan fingerprint density at radius 3 is 3.00 bits per heavy atom. The van der Waals surface area contributed by atoms with E-state index < -0.39 is 6.55 Å². The number of hydrogen-bond donors (Lipinski definition) is 1. The monoisotopic (exact) mass is 429 g/mol. The molecular weight excluding hydrogens is 407 g/mol. The Bertz CT molecular complexity index is 477. The van der Waals surface area contributed by atoms with E-state index in [1.165, 1.54) is 12.4 Å². The maximum Gasteiger partial charge on any atom is 0.319 e. The highest BCUT2D eigenvalue weighted by molar-refractivity contribution is 14.0. The number of ether oxygens (including phenoxy) is 1. The fourth-order valence-corrected chi connectivity index (χ4v) is 2.40. The number of nitrogens with one attached hydrogen (secondary N) is 1. The van der Waals surface area contributed by atoms with Gasteiger partial charge >= 0.3 is 6.55 Å². The SMILES string of the molecule is CN=C(NCc1nccn1C(F)F)N(C)CC1CCOC1.I. The van der Waals surface area contributed by atoms with Gasteiger partial charge in [0.15, 0.2) is 5.96 Å². The maximum atomic E-state index is 12.7. The molecule has 0 aliphatic carbocycles. The van der Waals surface area contributed by atoms with E-state index in [1.54, 1.807) is 7.05 Å². The summed E-state index contributed by atoms with van der Waals surface area (Å²) in [6.07, 6.45) is 3.67. The summed E-state index contributed by atoms with van der Waals surface area (Å²) in [7, 11) is 3.59. The van der Waals surface area contributed by atoms with Gasteiger partial charge in [0, 0.05) is 45.6 Å². The van der Waals surface area contributed by atoms with Gasteiger partial charge in [0.25, 0.3) is 0 Å². The Labute approximate surface area is 146 Å². The predicted octanol–water partition coefficient (Wildman–Crippen LogP) is 1.94. The van der Waals surface area contributed by atoms with Crippen molar-refractivity contribution in [1.29, 1.82) is 0 Å². The standard InChI is InChI=1S/C13H21F2N5O.HI/c1-16-13(19(2)8-10-3-6-21-9-10)18-7-11-17-4-5-20(11)12(14)15;/h4-5,10,12H,3,6-9H2,1-2H3,(H,16,18);1H. The molecule has 1 unspecified atom stereocenters. The Balaban J connectivity index is 0.00000242. The number of guanidine groups is 1. The maximum absolute atomic E-state index is 12.7. The van der Waals surface area contributed by atoms with E-state index in [2.05, 4.69) is 15.3 Å². The average molecular weight is 429 g/mol. The second-order valence-corrected chi connectivity index (χ2v) is 5.04. The quantitative estimate of drug-likeness (QED) is 0.442. The molecule has 0 bridgehead atoms. The van der Waals surface area contributed by atoms with Crippen molar-refractivity contribution in [2.24, 2.45) is 10.9 Å². The third kappa shape index (κ3) is 5.04. The summed E-state index contributed by atoms with van der Waals surface area (Å²) in [5.41, 5.74) is 0. The second kappa shape index (κ2) is 9.23. The molecule has 1 aromatic rings. The first kappa shape index (κ1) is 19.1. The first-order valence-corrected chi connectivity index (χ1v) is 6.91. The van der Waals surface area contributed by atoms with Crippen molar-refractivity contribution < 1.29 is 13.5 Å². The molecule has 0 saturated carbocycles. The lowest BCUT2D eigenvalue weighted by Crippen LogP contribution is -2.41. The van der Waals surface area contributed by atoms with Crippen LogP contribution in [0.5, 0.6) is 0 Å². The number of rotatable bonds is 5. The molecular formula is C13H22F2IN5O. The van der Waals surface area contributed by atoms with Crippen molar-refractivity contribution in [1.82, 2.24) is 19.8 Å². The third-order valence-corrected chi connectivity index (χ3v) is 3.49. The molecule has 1 saturated heterocycles. The van der Waals surface area contributed by atoms with Gasteiger partial charge < -0.3 is 15.0 Å². The topological polar surface area (TPSA) is 54.7 Å². The molecule has 1 aliphatic rings. The highest BCUT2D eigenvalue weighted by Crippen LogP contribution is 2.14. The molecule has 2 rings (SSSR count). The number of aromatic nitrogens is 2. The van der Waals surface area contributed by atoms with Crippen LogP contribution in [0.25, 0.3) is 0 Å². The van der Waals surface area contributed by atoms with Crippen LogP contribution in [0.1, 0.15) is 18.8 Å². The number of imidazole rings is 1. The number of hydrogen-bond acceptors (Lipinski definition) is 3. The van der Waals surface area contributed by atoms with Gasteiger partial charge in [-0.1, -0.05) is 0 Å². The molecule has 0 radical (unpaired) electrons. The molecule has 0 amide bonds. The fraction of sp³-hybridized carbons (Fsp3) is 0.692. The van der Waals surface area contributed by atoms with Crippen molar-refractivity contribution >= 4 is 29.9 Å². The Kier molecular flexibility index (Phi) is 8.01. The van der Waals surface area contributed by atoms with Crippen LogP contribution in [0, 0.1) is 5.92 Å². The normalized spacial score (nSPS) is 18.4. The summed E-state index contributed by atoms with van der Waals surface area (Å²) in [5.74, 6) is 1.42. The summed E-state index contributed by atoms with van der Waals surface area (Å²) >= 11 is 0. The van der Waals surface area contributed by atoms with Crippen LogP contribution in [0.2, 0.25) is 0 Å². The fourth-order valence-electron chi connectivity index (χ4n) is 2.40. The largest absolute Gasteiger partial charge is 0.381 e. The Morgan fingerprint density at radius 2 is 2.41 bits per heavy atom. The minimum Gasteiger partial charge on any atom is -0.381 e. The van der Waals surface area contributed by atoms with Gasteiger partial charge in [-0.2, -0.15) is 8.78 Å². The van der Waals surface area contributed by atoms with Gasteiger partial charge in [-0.25, -0.2) is 4.98 Å². The van der Waals surface area contributed by atoms with Gasteiger partial charge in [-0.15, -0.1) is 24.0 Å². The minimum atomic E-state index is -2.58. The molecule has 6 nitrogen and oxygen atoms in total. The lowest BCUT2D eigenvalue weighted by atomic mass is 10.1. The summed E-state index contributed by atoms with van der Waals surface area (Å²) < 4.78 is 31.7. The summed E-state index contributed by atoms with van der Waals surface area (Å²) in [5, 5.41) is 3.06. The molecule has 1 fully saturated rings. The van der Waals surface area contributed by atoms with E-state index in [0.29, 0.717) is 11.9 Å². The van der Waals surface area contributed by atoms with Crippen LogP contribution in [0.3, 0.4) is 0 Å². The van der Waals surface area contributed by atoms with E-state index in [-0.39, 0.29) is 36.3 Å². The molecule has 0 spiro atoms. The first-order valence-electron chi connectivity index (χ1n) is 6.91. The molecule has 1 aliphatic heterocycles. The van der Waals surface area contributed by atoms with E-state index in [0.717, 1.165) is 30.7 Å². The molecule has 2 heterocycles. The van der Waals surface area contributed by atoms with Crippen molar-refractivity contribution in [3.63, 3.8) is 0 Å². The smallest absolute Gasteiger partial charge is 0.319 e. The van der Waals surface area contributed by atoms with Crippen LogP contribution in [0.15, 0.2) is 17.4 Å². The molecule has 1 N–H and O–H groups in total. The number of halogens is 3. The Hall–Kier alpha value is -0.970. The summed E-state index contributed by atoms with van der Waals surface area (Å²) in [6, 6.07) is 0. The predicted molar refractivity (Wildman–Crippen MR) is 90.6 cm³/mol. The number of aliphatic imine (C=N–C) groups is 1. The number of nitrogens with zero attached hydrogens (tertiary/aromatic N) is 4. The molecule has 126 valence electrons.